The zero-order valence-electron chi connectivity index (χ0n) is 9.84. The molecule has 0 heterocycles. The second-order valence-corrected chi connectivity index (χ2v) is 5.21. The van der Waals surface area contributed by atoms with Crippen LogP contribution < -0.4 is 11.1 Å². The third-order valence-corrected chi connectivity index (χ3v) is 2.86. The van der Waals surface area contributed by atoms with Crippen LogP contribution in [0.2, 0.25) is 0 Å². The van der Waals surface area contributed by atoms with Crippen LogP contribution in [0.1, 0.15) is 20.3 Å². The Morgan fingerprint density at radius 3 is 2.71 bits per heavy atom. The van der Waals surface area contributed by atoms with Gasteiger partial charge in [0.2, 0.25) is 5.91 Å². The van der Waals surface area contributed by atoms with Crippen molar-refractivity contribution in [2.45, 2.75) is 26.3 Å². The molecule has 0 aromatic heterocycles. The van der Waals surface area contributed by atoms with Gasteiger partial charge < -0.3 is 11.1 Å². The number of carbonyl (C=O) groups excluding carboxylic acids is 1. The van der Waals surface area contributed by atoms with Gasteiger partial charge in [-0.25, -0.2) is 4.39 Å². The highest BCUT2D eigenvalue weighted by atomic mass is 79.9. The minimum atomic E-state index is -0.543. The van der Waals surface area contributed by atoms with Crippen LogP contribution >= 0.6 is 15.9 Å². The summed E-state index contributed by atoms with van der Waals surface area (Å²) >= 11 is 3.06. The first kappa shape index (κ1) is 14.1. The van der Waals surface area contributed by atoms with Crippen molar-refractivity contribution in [1.29, 1.82) is 0 Å². The third-order valence-electron chi connectivity index (χ3n) is 2.25. The zero-order chi connectivity index (χ0) is 13.0. The van der Waals surface area contributed by atoms with E-state index in [1.54, 1.807) is 0 Å². The lowest BCUT2D eigenvalue weighted by molar-refractivity contribution is -0.117. The van der Waals surface area contributed by atoms with E-state index in [0.29, 0.717) is 22.5 Å². The number of halogens is 2. The van der Waals surface area contributed by atoms with Crippen LogP contribution in [0, 0.1) is 11.7 Å². The first-order valence-corrected chi connectivity index (χ1v) is 6.21. The summed E-state index contributed by atoms with van der Waals surface area (Å²) in [5, 5.41) is 2.65. The minimum Gasteiger partial charge on any atom is -0.325 e. The third kappa shape index (κ3) is 4.44. The lowest BCUT2D eigenvalue weighted by Gasteiger charge is -2.14. The van der Waals surface area contributed by atoms with Crippen molar-refractivity contribution in [2.75, 3.05) is 5.32 Å². The second kappa shape index (κ2) is 6.12. The van der Waals surface area contributed by atoms with E-state index in [0.717, 1.165) is 0 Å². The number of hydrogen-bond donors (Lipinski definition) is 2. The fourth-order valence-corrected chi connectivity index (χ4v) is 1.80. The largest absolute Gasteiger partial charge is 0.325 e. The van der Waals surface area contributed by atoms with Gasteiger partial charge in [-0.05, 0) is 46.5 Å². The van der Waals surface area contributed by atoms with Crippen molar-refractivity contribution < 1.29 is 9.18 Å². The maximum Gasteiger partial charge on any atom is 0.241 e. The van der Waals surface area contributed by atoms with Gasteiger partial charge >= 0.3 is 0 Å². The Bertz CT molecular complexity index is 409. The normalized spacial score (nSPS) is 12.6. The van der Waals surface area contributed by atoms with Crippen LogP contribution in [0.15, 0.2) is 22.7 Å². The molecule has 0 spiro atoms. The molecule has 94 valence electrons. The van der Waals surface area contributed by atoms with Crippen molar-refractivity contribution in [1.82, 2.24) is 0 Å². The van der Waals surface area contributed by atoms with Crippen molar-refractivity contribution >= 4 is 27.5 Å². The second-order valence-electron chi connectivity index (χ2n) is 4.35. The maximum absolute atomic E-state index is 13.0. The molecule has 0 aliphatic heterocycles. The molecule has 1 aromatic carbocycles. The first-order valence-electron chi connectivity index (χ1n) is 5.41. The molecule has 1 rings (SSSR count). The standard InChI is InChI=1S/C12H16BrFN2O/c1-7(2)5-11(15)12(17)16-8-3-4-10(14)9(13)6-8/h3-4,6-7,11H,5,15H2,1-2H3,(H,16,17)/t11-/m1/s1. The quantitative estimate of drug-likeness (QED) is 0.898. The van der Waals surface area contributed by atoms with Crippen LogP contribution in [0.4, 0.5) is 10.1 Å². The molecular weight excluding hydrogens is 287 g/mol. The van der Waals surface area contributed by atoms with Gasteiger partial charge in [-0.15, -0.1) is 0 Å². The molecule has 0 aliphatic carbocycles. The summed E-state index contributed by atoms with van der Waals surface area (Å²) in [5.41, 5.74) is 6.27. The number of carbonyl (C=O) groups is 1. The highest BCUT2D eigenvalue weighted by molar-refractivity contribution is 9.10. The Hall–Kier alpha value is -0.940. The number of nitrogens with one attached hydrogen (secondary N) is 1. The summed E-state index contributed by atoms with van der Waals surface area (Å²) in [7, 11) is 0. The molecule has 1 aromatic rings. The highest BCUT2D eigenvalue weighted by Gasteiger charge is 2.15. The number of amides is 1. The van der Waals surface area contributed by atoms with Gasteiger partial charge in [-0.3, -0.25) is 4.79 Å². The molecule has 0 bridgehead atoms. The summed E-state index contributed by atoms with van der Waals surface area (Å²) in [6, 6.07) is 3.75. The Balaban J connectivity index is 2.64. The molecule has 0 aliphatic rings. The molecule has 3 N–H and O–H groups in total. The molecule has 1 amide bonds. The lowest BCUT2D eigenvalue weighted by Crippen LogP contribution is -2.36. The van der Waals surface area contributed by atoms with Crippen molar-refractivity contribution in [3.8, 4) is 0 Å². The maximum atomic E-state index is 13.0. The molecule has 0 fully saturated rings. The summed E-state index contributed by atoms with van der Waals surface area (Å²) in [4.78, 5) is 11.7. The molecule has 5 heteroatoms. The number of rotatable bonds is 4. The van der Waals surface area contributed by atoms with Crippen LogP contribution in [-0.2, 0) is 4.79 Å². The average Bonchev–Trinajstić information content (AvgIpc) is 2.22. The predicted octanol–water partition coefficient (Wildman–Crippen LogP) is 2.90. The van der Waals surface area contributed by atoms with Gasteiger partial charge in [0, 0.05) is 5.69 Å². The topological polar surface area (TPSA) is 55.1 Å². The molecule has 0 saturated carbocycles. The lowest BCUT2D eigenvalue weighted by atomic mass is 10.0. The Labute approximate surface area is 109 Å². The van der Waals surface area contributed by atoms with Crippen LogP contribution in [0.3, 0.4) is 0 Å². The monoisotopic (exact) mass is 302 g/mol. The van der Waals surface area contributed by atoms with Crippen LogP contribution in [-0.4, -0.2) is 11.9 Å². The van der Waals surface area contributed by atoms with Crippen molar-refractivity contribution in [2.24, 2.45) is 11.7 Å². The SMILES string of the molecule is CC(C)C[C@@H](N)C(=O)Nc1ccc(F)c(Br)c1. The van der Waals surface area contributed by atoms with E-state index in [1.807, 2.05) is 13.8 Å². The fraction of sp³-hybridized carbons (Fsp3) is 0.417. The van der Waals surface area contributed by atoms with Gasteiger partial charge in [0.25, 0.3) is 0 Å². The molecular formula is C12H16BrFN2O. The Morgan fingerprint density at radius 1 is 1.53 bits per heavy atom. The van der Waals surface area contributed by atoms with E-state index >= 15 is 0 Å². The van der Waals surface area contributed by atoms with E-state index < -0.39 is 6.04 Å². The molecule has 1 atom stereocenters. The molecule has 3 nitrogen and oxygen atoms in total. The first-order chi connectivity index (χ1) is 7.90. The number of nitrogens with two attached hydrogens (primary N) is 1. The van der Waals surface area contributed by atoms with Gasteiger partial charge in [-0.2, -0.15) is 0 Å². The van der Waals surface area contributed by atoms with Gasteiger partial charge in [-0.1, -0.05) is 13.8 Å². The average molecular weight is 303 g/mol. The van der Waals surface area contributed by atoms with Gasteiger partial charge in [0.05, 0.1) is 10.5 Å². The highest BCUT2D eigenvalue weighted by Crippen LogP contribution is 2.20. The predicted molar refractivity (Wildman–Crippen MR) is 70.2 cm³/mol. The Kier molecular flexibility index (Phi) is 5.08. The molecule has 0 unspecified atom stereocenters. The van der Waals surface area contributed by atoms with Crippen molar-refractivity contribution in [3.63, 3.8) is 0 Å². The summed E-state index contributed by atoms with van der Waals surface area (Å²) < 4.78 is 13.3. The number of benzene rings is 1. The summed E-state index contributed by atoms with van der Waals surface area (Å²) in [6.07, 6.45) is 0.619. The summed E-state index contributed by atoms with van der Waals surface area (Å²) in [5.74, 6) is -0.262. The van der Waals surface area contributed by atoms with Crippen LogP contribution in [0.5, 0.6) is 0 Å². The van der Waals surface area contributed by atoms with E-state index in [1.165, 1.54) is 18.2 Å². The summed E-state index contributed by atoms with van der Waals surface area (Å²) in [6.45, 7) is 4.00. The molecule has 17 heavy (non-hydrogen) atoms. The molecule has 0 radical (unpaired) electrons. The van der Waals surface area contributed by atoms with E-state index in [2.05, 4.69) is 21.2 Å². The van der Waals surface area contributed by atoms with E-state index in [9.17, 15) is 9.18 Å². The Morgan fingerprint density at radius 2 is 2.18 bits per heavy atom. The molecule has 0 saturated heterocycles. The number of hydrogen-bond acceptors (Lipinski definition) is 2. The fourth-order valence-electron chi connectivity index (χ4n) is 1.42. The zero-order valence-corrected chi connectivity index (χ0v) is 11.4. The minimum absolute atomic E-state index is 0.253. The van der Waals surface area contributed by atoms with E-state index in [-0.39, 0.29) is 11.7 Å². The van der Waals surface area contributed by atoms with Crippen LogP contribution in [0.25, 0.3) is 0 Å². The van der Waals surface area contributed by atoms with Gasteiger partial charge in [0.15, 0.2) is 0 Å². The number of anilines is 1. The van der Waals surface area contributed by atoms with E-state index in [4.69, 9.17) is 5.73 Å². The van der Waals surface area contributed by atoms with Gasteiger partial charge in [0.1, 0.15) is 5.82 Å². The van der Waals surface area contributed by atoms with Crippen molar-refractivity contribution in [3.05, 3.63) is 28.5 Å². The smallest absolute Gasteiger partial charge is 0.241 e.